The molecule has 1 N–H and O–H groups in total. The summed E-state index contributed by atoms with van der Waals surface area (Å²) in [7, 11) is -4.18. The van der Waals surface area contributed by atoms with Gasteiger partial charge in [0.15, 0.2) is 0 Å². The molecule has 35 heavy (non-hydrogen) atoms. The number of nitrogens with one attached hydrogen (secondary N) is 1. The predicted molar refractivity (Wildman–Crippen MR) is 135 cm³/mol. The van der Waals surface area contributed by atoms with Crippen LogP contribution < -0.4 is 14.2 Å². The van der Waals surface area contributed by atoms with Crippen LogP contribution in [0.25, 0.3) is 0 Å². The number of sulfonamides is 2. The Bertz CT molecular complexity index is 1280. The summed E-state index contributed by atoms with van der Waals surface area (Å²) in [5, 5.41) is 0. The van der Waals surface area contributed by atoms with Crippen molar-refractivity contribution < 1.29 is 26.3 Å². The van der Waals surface area contributed by atoms with Crippen molar-refractivity contribution in [2.75, 3.05) is 53.5 Å². The van der Waals surface area contributed by atoms with Gasteiger partial charge in [-0.25, -0.2) is 21.6 Å². The van der Waals surface area contributed by atoms with Gasteiger partial charge in [-0.2, -0.15) is 4.31 Å². The van der Waals surface area contributed by atoms with Crippen LogP contribution in [0.2, 0.25) is 0 Å². The topological polar surface area (TPSA) is 105 Å². The van der Waals surface area contributed by atoms with Crippen molar-refractivity contribution in [1.29, 1.82) is 0 Å². The minimum absolute atomic E-state index is 0.233. The molecule has 0 amide bonds. The van der Waals surface area contributed by atoms with Gasteiger partial charge < -0.3 is 9.47 Å². The Morgan fingerprint density at radius 3 is 1.74 bits per heavy atom. The summed E-state index contributed by atoms with van der Waals surface area (Å²) in [5.74, 6) is 1.31. The van der Waals surface area contributed by atoms with Crippen molar-refractivity contribution in [3.8, 4) is 11.5 Å². The van der Waals surface area contributed by atoms with E-state index in [1.807, 2.05) is 6.92 Å². The Hall–Kier alpha value is -2.18. The maximum Gasteiger partial charge on any atom is 0.243 e. The number of aryl methyl sites for hydroxylation is 4. The number of benzene rings is 2. The number of hydrogen-bond acceptors (Lipinski definition) is 7. The SMILES string of the molecule is COc1cc(C)c(S(=O)(=O)NCCN2CCN(S(=O)(=O)c3cc(C)c(OC)cc3C)CC2)cc1C. The monoisotopic (exact) mass is 525 g/mol. The zero-order chi connectivity index (χ0) is 26.0. The van der Waals surface area contributed by atoms with Gasteiger partial charge in [0.2, 0.25) is 20.0 Å². The molecule has 9 nitrogen and oxygen atoms in total. The molecule has 0 radical (unpaired) electrons. The fourth-order valence-electron chi connectivity index (χ4n) is 4.28. The Morgan fingerprint density at radius 1 is 0.743 bits per heavy atom. The lowest BCUT2D eigenvalue weighted by atomic mass is 10.1. The average molecular weight is 526 g/mol. The molecule has 11 heteroatoms. The molecule has 3 rings (SSSR count). The number of methoxy groups -OCH3 is 2. The molecule has 0 aliphatic carbocycles. The van der Waals surface area contributed by atoms with Crippen molar-refractivity contribution in [3.63, 3.8) is 0 Å². The molecular formula is C24H35N3O6S2. The summed E-state index contributed by atoms with van der Waals surface area (Å²) in [6.07, 6.45) is 0. The third kappa shape index (κ3) is 5.97. The lowest BCUT2D eigenvalue weighted by molar-refractivity contribution is 0.191. The Labute approximate surface area is 209 Å². The highest BCUT2D eigenvalue weighted by Gasteiger charge is 2.30. The molecular weight excluding hydrogens is 490 g/mol. The smallest absolute Gasteiger partial charge is 0.243 e. The summed E-state index contributed by atoms with van der Waals surface area (Å²) in [4.78, 5) is 2.59. The second-order valence-corrected chi connectivity index (χ2v) is 12.5. The quantitative estimate of drug-likeness (QED) is 0.535. The molecule has 0 unspecified atom stereocenters. The van der Waals surface area contributed by atoms with Crippen LogP contribution in [0.3, 0.4) is 0 Å². The van der Waals surface area contributed by atoms with Crippen molar-refractivity contribution in [3.05, 3.63) is 46.5 Å². The van der Waals surface area contributed by atoms with Crippen LogP contribution in [0.4, 0.5) is 0 Å². The number of nitrogens with zero attached hydrogens (tertiary/aromatic N) is 2. The fourth-order valence-corrected chi connectivity index (χ4v) is 7.33. The van der Waals surface area contributed by atoms with E-state index in [9.17, 15) is 16.8 Å². The number of piperazine rings is 1. The molecule has 1 fully saturated rings. The van der Waals surface area contributed by atoms with Gasteiger partial charge in [-0.15, -0.1) is 0 Å². The fraction of sp³-hybridized carbons (Fsp3) is 0.500. The molecule has 2 aromatic rings. The standard InChI is InChI=1S/C24H35N3O6S2/c1-17-15-23(19(3)13-21(17)32-5)34(28,29)25-7-8-26-9-11-27(12-10-26)35(30,31)24-16-18(2)22(33-6)14-20(24)4/h13-16,25H,7-12H2,1-6H3. The molecule has 0 spiro atoms. The van der Waals surface area contributed by atoms with Gasteiger partial charge >= 0.3 is 0 Å². The third-order valence-electron chi connectivity index (χ3n) is 6.34. The van der Waals surface area contributed by atoms with Crippen molar-refractivity contribution in [1.82, 2.24) is 13.9 Å². The van der Waals surface area contributed by atoms with Crippen LogP contribution in [0.5, 0.6) is 11.5 Å². The van der Waals surface area contributed by atoms with E-state index >= 15 is 0 Å². The van der Waals surface area contributed by atoms with Crippen molar-refractivity contribution >= 4 is 20.0 Å². The highest BCUT2D eigenvalue weighted by atomic mass is 32.2. The Kier molecular flexibility index (Phi) is 8.48. The summed E-state index contributed by atoms with van der Waals surface area (Å²) in [6.45, 7) is 9.59. The lowest BCUT2D eigenvalue weighted by Crippen LogP contribution is -2.50. The maximum atomic E-state index is 13.2. The van der Waals surface area contributed by atoms with E-state index in [1.54, 1.807) is 59.3 Å². The van der Waals surface area contributed by atoms with Gasteiger partial charge in [0.25, 0.3) is 0 Å². The van der Waals surface area contributed by atoms with Gasteiger partial charge in [-0.05, 0) is 74.2 Å². The van der Waals surface area contributed by atoms with E-state index in [1.165, 1.54) is 4.31 Å². The zero-order valence-electron chi connectivity index (χ0n) is 21.2. The third-order valence-corrected chi connectivity index (χ3v) is 9.99. The van der Waals surface area contributed by atoms with E-state index in [4.69, 9.17) is 9.47 Å². The van der Waals surface area contributed by atoms with E-state index in [-0.39, 0.29) is 11.4 Å². The van der Waals surface area contributed by atoms with E-state index in [0.717, 1.165) is 11.1 Å². The van der Waals surface area contributed by atoms with E-state index < -0.39 is 20.0 Å². The first-order valence-electron chi connectivity index (χ1n) is 11.4. The van der Waals surface area contributed by atoms with Crippen molar-refractivity contribution in [2.24, 2.45) is 0 Å². The predicted octanol–water partition coefficient (Wildman–Crippen LogP) is 2.22. The van der Waals surface area contributed by atoms with Crippen LogP contribution in [0, 0.1) is 27.7 Å². The molecule has 1 saturated heterocycles. The highest BCUT2D eigenvalue weighted by molar-refractivity contribution is 7.89. The van der Waals surface area contributed by atoms with Gasteiger partial charge in [-0.3, -0.25) is 4.90 Å². The normalized spacial score (nSPS) is 15.8. The largest absolute Gasteiger partial charge is 0.496 e. The van der Waals surface area contributed by atoms with Crippen molar-refractivity contribution in [2.45, 2.75) is 37.5 Å². The minimum Gasteiger partial charge on any atom is -0.496 e. The molecule has 0 bridgehead atoms. The first-order chi connectivity index (χ1) is 16.4. The van der Waals surface area contributed by atoms with E-state index in [0.29, 0.717) is 60.2 Å². The molecule has 1 aliphatic rings. The van der Waals surface area contributed by atoms with E-state index in [2.05, 4.69) is 9.62 Å². The van der Waals surface area contributed by atoms with Crippen LogP contribution in [-0.2, 0) is 20.0 Å². The highest BCUT2D eigenvalue weighted by Crippen LogP contribution is 2.28. The molecule has 0 atom stereocenters. The minimum atomic E-state index is -3.67. The van der Waals surface area contributed by atoms with Gasteiger partial charge in [-0.1, -0.05) is 0 Å². The zero-order valence-corrected chi connectivity index (χ0v) is 22.8. The number of rotatable bonds is 9. The van der Waals surface area contributed by atoms with Gasteiger partial charge in [0, 0.05) is 39.3 Å². The molecule has 2 aromatic carbocycles. The number of hydrogen-bond donors (Lipinski definition) is 1. The molecule has 1 aliphatic heterocycles. The lowest BCUT2D eigenvalue weighted by Gasteiger charge is -2.34. The molecule has 1 heterocycles. The molecule has 0 saturated carbocycles. The summed E-state index contributed by atoms with van der Waals surface area (Å²) < 4.78 is 66.8. The average Bonchev–Trinajstić information content (AvgIpc) is 2.81. The second-order valence-electron chi connectivity index (χ2n) is 8.82. The maximum absolute atomic E-state index is 13.2. The Morgan fingerprint density at radius 2 is 1.23 bits per heavy atom. The van der Waals surface area contributed by atoms with Crippen LogP contribution in [0.1, 0.15) is 22.3 Å². The number of ether oxygens (including phenoxy) is 2. The summed E-state index contributed by atoms with van der Waals surface area (Å²) in [5.41, 5.74) is 2.78. The van der Waals surface area contributed by atoms with Gasteiger partial charge in [0.05, 0.1) is 24.0 Å². The second kappa shape index (κ2) is 10.8. The van der Waals surface area contributed by atoms with Gasteiger partial charge in [0.1, 0.15) is 11.5 Å². The van der Waals surface area contributed by atoms with Crippen LogP contribution >= 0.6 is 0 Å². The van der Waals surface area contributed by atoms with Crippen LogP contribution in [0.15, 0.2) is 34.1 Å². The summed E-state index contributed by atoms with van der Waals surface area (Å²) in [6, 6.07) is 6.74. The molecule has 194 valence electrons. The Balaban J connectivity index is 1.58. The summed E-state index contributed by atoms with van der Waals surface area (Å²) >= 11 is 0. The first-order valence-corrected chi connectivity index (χ1v) is 14.4. The van der Waals surface area contributed by atoms with Crippen LogP contribution in [-0.4, -0.2) is 79.5 Å². The molecule has 0 aromatic heterocycles. The first kappa shape index (κ1) is 27.4.